The lowest BCUT2D eigenvalue weighted by Gasteiger charge is -2.39. The van der Waals surface area contributed by atoms with Crippen LogP contribution in [0.1, 0.15) is 13.8 Å². The van der Waals surface area contributed by atoms with Gasteiger partial charge in [-0.1, -0.05) is 6.92 Å². The summed E-state index contributed by atoms with van der Waals surface area (Å²) in [6.07, 6.45) is 0. The first kappa shape index (κ1) is 16.1. The molecule has 21 heavy (non-hydrogen) atoms. The van der Waals surface area contributed by atoms with E-state index in [0.717, 1.165) is 25.3 Å². The van der Waals surface area contributed by atoms with Crippen LogP contribution in [0, 0.1) is 0 Å². The molecule has 1 saturated heterocycles. The minimum absolute atomic E-state index is 0.264. The van der Waals surface area contributed by atoms with E-state index in [1.54, 1.807) is 25.1 Å². The second kappa shape index (κ2) is 6.21. The Hall–Kier alpha value is -1.31. The predicted octanol–water partition coefficient (Wildman–Crippen LogP) is 0.707. The average Bonchev–Trinajstić information content (AvgIpc) is 2.42. The molecule has 1 fully saturated rings. The van der Waals surface area contributed by atoms with Gasteiger partial charge in [-0.2, -0.15) is 0 Å². The summed E-state index contributed by atoms with van der Waals surface area (Å²) < 4.78 is 26.7. The summed E-state index contributed by atoms with van der Waals surface area (Å²) in [6.45, 7) is 6.90. The van der Waals surface area contributed by atoms with Gasteiger partial charge in [0.2, 0.25) is 10.0 Å². The first-order valence-electron chi connectivity index (χ1n) is 7.19. The van der Waals surface area contributed by atoms with E-state index >= 15 is 0 Å². The van der Waals surface area contributed by atoms with E-state index in [9.17, 15) is 8.42 Å². The van der Waals surface area contributed by atoms with Gasteiger partial charge in [0.15, 0.2) is 0 Å². The Morgan fingerprint density at radius 3 is 2.71 bits per heavy atom. The molecule has 1 unspecified atom stereocenters. The van der Waals surface area contributed by atoms with Crippen molar-refractivity contribution in [1.29, 1.82) is 0 Å². The highest BCUT2D eigenvalue weighted by Gasteiger charge is 2.23. The molecule has 1 aromatic rings. The fourth-order valence-electron chi connectivity index (χ4n) is 2.51. The number of nitrogens with two attached hydrogens (primary N) is 1. The number of hydrogen-bond acceptors (Lipinski definition) is 5. The van der Waals surface area contributed by atoms with E-state index in [1.807, 2.05) is 0 Å². The van der Waals surface area contributed by atoms with Crippen molar-refractivity contribution >= 4 is 21.4 Å². The number of nitrogens with zero attached hydrogens (tertiary/aromatic N) is 2. The SMILES string of the molecule is CCNS(=O)(=O)c1ccc(N)c(N2CCN(C)C(C)C2)c1. The lowest BCUT2D eigenvalue weighted by molar-refractivity contribution is 0.234. The Bertz CT molecular complexity index is 603. The molecule has 0 aromatic heterocycles. The fourth-order valence-corrected chi connectivity index (χ4v) is 3.57. The van der Waals surface area contributed by atoms with Crippen LogP contribution >= 0.6 is 0 Å². The molecule has 1 aromatic carbocycles. The topological polar surface area (TPSA) is 78.7 Å². The Labute approximate surface area is 127 Å². The number of nitrogens with one attached hydrogen (secondary N) is 1. The molecule has 7 heteroatoms. The molecule has 1 aliphatic rings. The van der Waals surface area contributed by atoms with Crippen molar-refractivity contribution in [2.45, 2.75) is 24.8 Å². The molecule has 0 amide bonds. The third-order valence-electron chi connectivity index (χ3n) is 3.95. The van der Waals surface area contributed by atoms with Crippen LogP contribution in [0.5, 0.6) is 0 Å². The van der Waals surface area contributed by atoms with Crippen LogP contribution in [-0.2, 0) is 10.0 Å². The molecule has 0 spiro atoms. The van der Waals surface area contributed by atoms with Gasteiger partial charge in [0, 0.05) is 32.2 Å². The summed E-state index contributed by atoms with van der Waals surface area (Å²) in [5, 5.41) is 0. The largest absolute Gasteiger partial charge is 0.397 e. The third-order valence-corrected chi connectivity index (χ3v) is 5.49. The van der Waals surface area contributed by atoms with E-state index in [0.29, 0.717) is 18.3 Å². The maximum Gasteiger partial charge on any atom is 0.240 e. The van der Waals surface area contributed by atoms with Crippen molar-refractivity contribution < 1.29 is 8.42 Å². The van der Waals surface area contributed by atoms with Crippen LogP contribution < -0.4 is 15.4 Å². The number of nitrogen functional groups attached to an aromatic ring is 1. The molecule has 0 aliphatic carbocycles. The van der Waals surface area contributed by atoms with E-state index in [-0.39, 0.29) is 4.90 Å². The van der Waals surface area contributed by atoms with Crippen LogP contribution in [0.15, 0.2) is 23.1 Å². The standard InChI is InChI=1S/C14H24N4O2S/c1-4-16-21(19,20)12-5-6-13(15)14(9-12)18-8-7-17(3)11(2)10-18/h5-6,9,11,16H,4,7-8,10,15H2,1-3H3. The van der Waals surface area contributed by atoms with Crippen molar-refractivity contribution in [3.8, 4) is 0 Å². The first-order chi connectivity index (χ1) is 9.85. The van der Waals surface area contributed by atoms with Gasteiger partial charge in [0.25, 0.3) is 0 Å². The molecular formula is C14H24N4O2S. The Morgan fingerprint density at radius 1 is 1.38 bits per heavy atom. The predicted molar refractivity (Wildman–Crippen MR) is 86.0 cm³/mol. The molecule has 0 saturated carbocycles. The summed E-state index contributed by atoms with van der Waals surface area (Å²) in [5.74, 6) is 0. The van der Waals surface area contributed by atoms with Gasteiger partial charge in [-0.15, -0.1) is 0 Å². The Morgan fingerprint density at radius 2 is 2.10 bits per heavy atom. The summed E-state index contributed by atoms with van der Waals surface area (Å²) in [4.78, 5) is 4.71. The Kier molecular flexibility index (Phi) is 4.75. The Balaban J connectivity index is 2.32. The van der Waals surface area contributed by atoms with Crippen molar-refractivity contribution in [2.24, 2.45) is 0 Å². The van der Waals surface area contributed by atoms with Crippen LogP contribution in [0.2, 0.25) is 0 Å². The molecular weight excluding hydrogens is 288 g/mol. The summed E-state index contributed by atoms with van der Waals surface area (Å²) >= 11 is 0. The van der Waals surface area contributed by atoms with Crippen molar-refractivity contribution in [2.75, 3.05) is 43.9 Å². The second-order valence-electron chi connectivity index (χ2n) is 5.50. The van der Waals surface area contributed by atoms with Crippen molar-refractivity contribution in [3.05, 3.63) is 18.2 Å². The third kappa shape index (κ3) is 3.48. The number of anilines is 2. The minimum atomic E-state index is -3.46. The number of hydrogen-bond donors (Lipinski definition) is 2. The average molecular weight is 312 g/mol. The van der Waals surface area contributed by atoms with Crippen LogP contribution in [0.25, 0.3) is 0 Å². The lowest BCUT2D eigenvalue weighted by atomic mass is 10.1. The van der Waals surface area contributed by atoms with Gasteiger partial charge >= 0.3 is 0 Å². The normalized spacial score (nSPS) is 20.7. The highest BCUT2D eigenvalue weighted by Crippen LogP contribution is 2.28. The highest BCUT2D eigenvalue weighted by atomic mass is 32.2. The van der Waals surface area contributed by atoms with Crippen molar-refractivity contribution in [3.63, 3.8) is 0 Å². The molecule has 6 nitrogen and oxygen atoms in total. The number of benzene rings is 1. The molecule has 0 radical (unpaired) electrons. The zero-order valence-electron chi connectivity index (χ0n) is 12.8. The highest BCUT2D eigenvalue weighted by molar-refractivity contribution is 7.89. The fraction of sp³-hybridized carbons (Fsp3) is 0.571. The lowest BCUT2D eigenvalue weighted by Crippen LogP contribution is -2.50. The van der Waals surface area contributed by atoms with Gasteiger partial charge in [-0.25, -0.2) is 13.1 Å². The molecule has 0 bridgehead atoms. The van der Waals surface area contributed by atoms with Crippen LogP contribution in [0.3, 0.4) is 0 Å². The van der Waals surface area contributed by atoms with Gasteiger partial charge in [-0.05, 0) is 32.2 Å². The summed E-state index contributed by atoms with van der Waals surface area (Å²) in [7, 11) is -1.36. The second-order valence-corrected chi connectivity index (χ2v) is 7.26. The number of piperazine rings is 1. The van der Waals surface area contributed by atoms with Crippen LogP contribution in [0.4, 0.5) is 11.4 Å². The zero-order valence-corrected chi connectivity index (χ0v) is 13.7. The van der Waals surface area contributed by atoms with E-state index < -0.39 is 10.0 Å². The molecule has 118 valence electrons. The van der Waals surface area contributed by atoms with Crippen molar-refractivity contribution in [1.82, 2.24) is 9.62 Å². The van der Waals surface area contributed by atoms with E-state index in [4.69, 9.17) is 5.73 Å². The van der Waals surface area contributed by atoms with Gasteiger partial charge < -0.3 is 15.5 Å². The quantitative estimate of drug-likeness (QED) is 0.801. The van der Waals surface area contributed by atoms with Crippen LogP contribution in [-0.4, -0.2) is 52.6 Å². The summed E-state index contributed by atoms with van der Waals surface area (Å²) in [5.41, 5.74) is 7.46. The van der Waals surface area contributed by atoms with Gasteiger partial charge in [0.1, 0.15) is 0 Å². The van der Waals surface area contributed by atoms with Gasteiger partial charge in [-0.3, -0.25) is 0 Å². The molecule has 1 heterocycles. The van der Waals surface area contributed by atoms with E-state index in [2.05, 4.69) is 28.5 Å². The maximum absolute atomic E-state index is 12.1. The number of sulfonamides is 1. The van der Waals surface area contributed by atoms with Gasteiger partial charge in [0.05, 0.1) is 16.3 Å². The number of rotatable bonds is 4. The molecule has 1 aliphatic heterocycles. The molecule has 3 N–H and O–H groups in total. The molecule has 1 atom stereocenters. The first-order valence-corrected chi connectivity index (χ1v) is 8.68. The smallest absolute Gasteiger partial charge is 0.240 e. The van der Waals surface area contributed by atoms with E-state index in [1.165, 1.54) is 0 Å². The maximum atomic E-state index is 12.1. The number of likely N-dealkylation sites (N-methyl/N-ethyl adjacent to an activating group) is 1. The zero-order chi connectivity index (χ0) is 15.6. The molecule has 2 rings (SSSR count). The minimum Gasteiger partial charge on any atom is -0.397 e. The monoisotopic (exact) mass is 312 g/mol. The summed E-state index contributed by atoms with van der Waals surface area (Å²) in [6, 6.07) is 5.30.